The van der Waals surface area contributed by atoms with Crippen LogP contribution in [0.25, 0.3) is 0 Å². The van der Waals surface area contributed by atoms with Crippen molar-refractivity contribution in [3.63, 3.8) is 0 Å². The molecule has 0 aliphatic heterocycles. The lowest BCUT2D eigenvalue weighted by atomic mass is 10.3. The van der Waals surface area contributed by atoms with E-state index in [0.29, 0.717) is 11.5 Å². The van der Waals surface area contributed by atoms with E-state index in [2.05, 4.69) is 5.32 Å². The zero-order valence-corrected chi connectivity index (χ0v) is 8.71. The fraction of sp³-hybridized carbons (Fsp3) is 0.444. The van der Waals surface area contributed by atoms with Gasteiger partial charge in [-0.15, -0.1) is 0 Å². The summed E-state index contributed by atoms with van der Waals surface area (Å²) in [5, 5.41) is 11.5. The Balaban J connectivity index is 2.23. The molecule has 0 spiro atoms. The highest BCUT2D eigenvalue weighted by atomic mass is 32.2. The molecule has 1 aromatic rings. The summed E-state index contributed by atoms with van der Waals surface area (Å²) in [6.45, 7) is 0. The molecule has 1 unspecified atom stereocenters. The van der Waals surface area contributed by atoms with E-state index in [1.54, 1.807) is 13.3 Å². The van der Waals surface area contributed by atoms with Crippen LogP contribution in [-0.2, 0) is 10.5 Å². The van der Waals surface area contributed by atoms with E-state index in [1.807, 2.05) is 12.1 Å². The molecule has 0 aromatic carbocycles. The molecule has 4 nitrogen and oxygen atoms in total. The van der Waals surface area contributed by atoms with Gasteiger partial charge >= 0.3 is 5.97 Å². The minimum absolute atomic E-state index is 0.491. The van der Waals surface area contributed by atoms with Gasteiger partial charge in [-0.05, 0) is 19.2 Å². The van der Waals surface area contributed by atoms with Crippen molar-refractivity contribution >= 4 is 17.7 Å². The van der Waals surface area contributed by atoms with Crippen molar-refractivity contribution in [2.75, 3.05) is 12.8 Å². The van der Waals surface area contributed by atoms with Crippen molar-refractivity contribution in [2.24, 2.45) is 0 Å². The van der Waals surface area contributed by atoms with Gasteiger partial charge in [-0.2, -0.15) is 11.8 Å². The van der Waals surface area contributed by atoms with Crippen molar-refractivity contribution in [1.82, 2.24) is 5.32 Å². The van der Waals surface area contributed by atoms with Crippen LogP contribution in [0.1, 0.15) is 5.76 Å². The average molecular weight is 215 g/mol. The van der Waals surface area contributed by atoms with Crippen LogP contribution in [0, 0.1) is 0 Å². The lowest BCUT2D eigenvalue weighted by Gasteiger charge is -2.09. The molecule has 5 heteroatoms. The van der Waals surface area contributed by atoms with Gasteiger partial charge in [-0.25, -0.2) is 0 Å². The van der Waals surface area contributed by atoms with Gasteiger partial charge in [0.1, 0.15) is 11.8 Å². The summed E-state index contributed by atoms with van der Waals surface area (Å²) >= 11 is 1.53. The highest BCUT2D eigenvalue weighted by Gasteiger charge is 2.14. The van der Waals surface area contributed by atoms with E-state index >= 15 is 0 Å². The van der Waals surface area contributed by atoms with Crippen molar-refractivity contribution < 1.29 is 14.3 Å². The van der Waals surface area contributed by atoms with Crippen LogP contribution in [0.3, 0.4) is 0 Å². The maximum atomic E-state index is 10.6. The number of nitrogens with one attached hydrogen (secondary N) is 1. The fourth-order valence-corrected chi connectivity index (χ4v) is 1.98. The minimum Gasteiger partial charge on any atom is -0.480 e. The Morgan fingerprint density at radius 1 is 1.79 bits per heavy atom. The normalized spacial score (nSPS) is 12.6. The number of furan rings is 1. The first-order valence-corrected chi connectivity index (χ1v) is 5.39. The molecule has 1 atom stereocenters. The lowest BCUT2D eigenvalue weighted by Crippen LogP contribution is -2.36. The standard InChI is InChI=1S/C9H13NO3S/c1-10-8(9(11)12)6-14-5-7-3-2-4-13-7/h2-4,8,10H,5-6H2,1H3,(H,11,12). The number of carboxylic acid groups (broad SMARTS) is 1. The van der Waals surface area contributed by atoms with Crippen LogP contribution >= 0.6 is 11.8 Å². The predicted molar refractivity (Wildman–Crippen MR) is 55.4 cm³/mol. The summed E-state index contributed by atoms with van der Waals surface area (Å²) < 4.78 is 5.12. The molecule has 1 rings (SSSR count). The van der Waals surface area contributed by atoms with Gasteiger partial charge in [0.05, 0.1) is 12.0 Å². The molecule has 0 radical (unpaired) electrons. The Hall–Kier alpha value is -0.940. The quantitative estimate of drug-likeness (QED) is 0.746. The number of rotatable bonds is 6. The smallest absolute Gasteiger partial charge is 0.321 e. The molecule has 14 heavy (non-hydrogen) atoms. The van der Waals surface area contributed by atoms with Crippen LogP contribution in [0.5, 0.6) is 0 Å². The average Bonchev–Trinajstić information content (AvgIpc) is 2.64. The van der Waals surface area contributed by atoms with Crippen LogP contribution in [0.4, 0.5) is 0 Å². The zero-order chi connectivity index (χ0) is 10.4. The molecule has 0 fully saturated rings. The zero-order valence-electron chi connectivity index (χ0n) is 7.90. The van der Waals surface area contributed by atoms with Crippen LogP contribution in [-0.4, -0.2) is 29.9 Å². The van der Waals surface area contributed by atoms with Crippen molar-refractivity contribution in [3.05, 3.63) is 24.2 Å². The molecule has 0 amide bonds. The third-order valence-corrected chi connectivity index (χ3v) is 2.81. The number of aliphatic carboxylic acids is 1. The molecule has 0 saturated carbocycles. The summed E-state index contributed by atoms with van der Waals surface area (Å²) in [4.78, 5) is 10.6. The first-order chi connectivity index (χ1) is 6.74. The molecule has 0 aliphatic carbocycles. The number of carboxylic acids is 1. The van der Waals surface area contributed by atoms with Crippen molar-refractivity contribution in [3.8, 4) is 0 Å². The Labute approximate surface area is 86.7 Å². The van der Waals surface area contributed by atoms with E-state index in [1.165, 1.54) is 11.8 Å². The second-order valence-electron chi connectivity index (χ2n) is 2.77. The van der Waals surface area contributed by atoms with Gasteiger partial charge in [0.25, 0.3) is 0 Å². The summed E-state index contributed by atoms with van der Waals surface area (Å²) in [6.07, 6.45) is 1.61. The van der Waals surface area contributed by atoms with Gasteiger partial charge in [-0.1, -0.05) is 0 Å². The van der Waals surface area contributed by atoms with E-state index in [4.69, 9.17) is 9.52 Å². The highest BCUT2D eigenvalue weighted by molar-refractivity contribution is 7.98. The SMILES string of the molecule is CNC(CSCc1ccco1)C(=O)O. The molecular weight excluding hydrogens is 202 g/mol. The molecule has 78 valence electrons. The highest BCUT2D eigenvalue weighted by Crippen LogP contribution is 2.13. The van der Waals surface area contributed by atoms with E-state index in [9.17, 15) is 4.79 Å². The molecule has 0 saturated heterocycles. The first-order valence-electron chi connectivity index (χ1n) is 4.24. The second-order valence-corrected chi connectivity index (χ2v) is 3.80. The summed E-state index contributed by atoms with van der Waals surface area (Å²) in [7, 11) is 1.65. The third-order valence-electron chi connectivity index (χ3n) is 1.76. The fourth-order valence-electron chi connectivity index (χ4n) is 0.950. The van der Waals surface area contributed by atoms with Crippen LogP contribution in [0.15, 0.2) is 22.8 Å². The Morgan fingerprint density at radius 3 is 3.07 bits per heavy atom. The lowest BCUT2D eigenvalue weighted by molar-refractivity contribution is -0.138. The number of hydrogen-bond donors (Lipinski definition) is 2. The van der Waals surface area contributed by atoms with E-state index in [-0.39, 0.29) is 0 Å². The molecular formula is C9H13NO3S. The Bertz CT molecular complexity index is 274. The predicted octanol–water partition coefficient (Wildman–Crippen LogP) is 1.19. The topological polar surface area (TPSA) is 62.5 Å². The maximum Gasteiger partial charge on any atom is 0.321 e. The van der Waals surface area contributed by atoms with E-state index < -0.39 is 12.0 Å². The third kappa shape index (κ3) is 3.43. The minimum atomic E-state index is -0.820. The van der Waals surface area contributed by atoms with Crippen molar-refractivity contribution in [2.45, 2.75) is 11.8 Å². The van der Waals surface area contributed by atoms with Crippen LogP contribution in [0.2, 0.25) is 0 Å². The Kier molecular flexibility index (Phi) is 4.55. The van der Waals surface area contributed by atoms with Crippen LogP contribution < -0.4 is 5.32 Å². The second kappa shape index (κ2) is 5.72. The van der Waals surface area contributed by atoms with E-state index in [0.717, 1.165) is 5.76 Å². The molecule has 1 aromatic heterocycles. The number of likely N-dealkylation sites (N-methyl/N-ethyl adjacent to an activating group) is 1. The van der Waals surface area contributed by atoms with Gasteiger partial charge in [-0.3, -0.25) is 4.79 Å². The largest absolute Gasteiger partial charge is 0.480 e. The molecule has 1 heterocycles. The monoisotopic (exact) mass is 215 g/mol. The molecule has 0 bridgehead atoms. The van der Waals surface area contributed by atoms with Gasteiger partial charge in [0.2, 0.25) is 0 Å². The number of carbonyl (C=O) groups is 1. The summed E-state index contributed by atoms with van der Waals surface area (Å²) in [6, 6.07) is 3.21. The van der Waals surface area contributed by atoms with Gasteiger partial charge in [0, 0.05) is 5.75 Å². The number of thioether (sulfide) groups is 1. The van der Waals surface area contributed by atoms with Gasteiger partial charge in [0.15, 0.2) is 0 Å². The van der Waals surface area contributed by atoms with Gasteiger partial charge < -0.3 is 14.8 Å². The van der Waals surface area contributed by atoms with Crippen molar-refractivity contribution in [1.29, 1.82) is 0 Å². The number of hydrogen-bond acceptors (Lipinski definition) is 4. The maximum absolute atomic E-state index is 10.6. The summed E-state index contributed by atoms with van der Waals surface area (Å²) in [5.41, 5.74) is 0. The first kappa shape index (κ1) is 11.1. The summed E-state index contributed by atoms with van der Waals surface area (Å²) in [5.74, 6) is 1.29. The molecule has 0 aliphatic rings. The molecule has 2 N–H and O–H groups in total. The Morgan fingerprint density at radius 2 is 2.57 bits per heavy atom.